The number of hydrogen-bond donors (Lipinski definition) is 1. The van der Waals surface area contributed by atoms with Gasteiger partial charge in [0.15, 0.2) is 0 Å². The molecule has 1 N–H and O–H groups in total. The Balaban J connectivity index is 1.78. The SMILES string of the molecule is CC(=O)Nc1ccc(C(=O)N(Cc2ccco2)Cc2ccco2)cc1. The van der Waals surface area contributed by atoms with Gasteiger partial charge in [0.2, 0.25) is 5.91 Å². The van der Waals surface area contributed by atoms with Crippen molar-refractivity contribution < 1.29 is 18.4 Å². The Labute approximate surface area is 145 Å². The molecule has 0 bridgehead atoms. The molecule has 3 aromatic rings. The van der Waals surface area contributed by atoms with Crippen LogP contribution in [0.3, 0.4) is 0 Å². The van der Waals surface area contributed by atoms with Crippen LogP contribution in [0.2, 0.25) is 0 Å². The van der Waals surface area contributed by atoms with Crippen LogP contribution in [0.1, 0.15) is 28.8 Å². The standard InChI is InChI=1S/C19H18N2O4/c1-14(22)20-16-8-6-15(7-9-16)19(23)21(12-17-4-2-10-24-17)13-18-5-3-11-25-18/h2-11H,12-13H2,1H3,(H,20,22). The van der Waals surface area contributed by atoms with Crippen LogP contribution >= 0.6 is 0 Å². The predicted octanol–water partition coefficient (Wildman–Crippen LogP) is 3.67. The maximum absolute atomic E-state index is 12.9. The second kappa shape index (κ2) is 7.53. The van der Waals surface area contributed by atoms with E-state index in [4.69, 9.17) is 8.83 Å². The molecule has 2 amide bonds. The first-order valence-electron chi connectivity index (χ1n) is 7.83. The molecule has 0 saturated carbocycles. The van der Waals surface area contributed by atoms with Gasteiger partial charge in [-0.05, 0) is 48.5 Å². The molecule has 6 heteroatoms. The molecule has 3 rings (SSSR count). The summed E-state index contributed by atoms with van der Waals surface area (Å²) in [5, 5.41) is 2.68. The third kappa shape index (κ3) is 4.38. The van der Waals surface area contributed by atoms with E-state index in [9.17, 15) is 9.59 Å². The lowest BCUT2D eigenvalue weighted by molar-refractivity contribution is -0.114. The van der Waals surface area contributed by atoms with Gasteiger partial charge in [0.25, 0.3) is 5.91 Å². The van der Waals surface area contributed by atoms with E-state index in [1.807, 2.05) is 12.1 Å². The van der Waals surface area contributed by atoms with E-state index in [1.54, 1.807) is 53.8 Å². The number of furan rings is 2. The van der Waals surface area contributed by atoms with E-state index >= 15 is 0 Å². The summed E-state index contributed by atoms with van der Waals surface area (Å²) in [4.78, 5) is 25.6. The van der Waals surface area contributed by atoms with Gasteiger partial charge in [-0.15, -0.1) is 0 Å². The molecule has 25 heavy (non-hydrogen) atoms. The molecule has 0 radical (unpaired) electrons. The first-order chi connectivity index (χ1) is 12.1. The van der Waals surface area contributed by atoms with E-state index in [-0.39, 0.29) is 11.8 Å². The third-order valence-electron chi connectivity index (χ3n) is 3.59. The summed E-state index contributed by atoms with van der Waals surface area (Å²) in [6.45, 7) is 2.10. The fourth-order valence-electron chi connectivity index (χ4n) is 2.46. The smallest absolute Gasteiger partial charge is 0.254 e. The molecule has 0 saturated heterocycles. The first kappa shape index (κ1) is 16.6. The monoisotopic (exact) mass is 338 g/mol. The van der Waals surface area contributed by atoms with E-state index in [0.29, 0.717) is 35.9 Å². The third-order valence-corrected chi connectivity index (χ3v) is 3.59. The minimum absolute atomic E-state index is 0.151. The number of carbonyl (C=O) groups excluding carboxylic acids is 2. The molecular weight excluding hydrogens is 320 g/mol. The highest BCUT2D eigenvalue weighted by molar-refractivity contribution is 5.95. The molecule has 0 atom stereocenters. The van der Waals surface area contributed by atoms with Gasteiger partial charge in [-0.1, -0.05) is 0 Å². The van der Waals surface area contributed by atoms with Gasteiger partial charge in [0.05, 0.1) is 25.6 Å². The van der Waals surface area contributed by atoms with Crippen molar-refractivity contribution in [2.45, 2.75) is 20.0 Å². The summed E-state index contributed by atoms with van der Waals surface area (Å²) in [5.74, 6) is 1.07. The van der Waals surface area contributed by atoms with E-state index < -0.39 is 0 Å². The van der Waals surface area contributed by atoms with E-state index in [0.717, 1.165) is 0 Å². The maximum Gasteiger partial charge on any atom is 0.254 e. The first-order valence-corrected chi connectivity index (χ1v) is 7.83. The molecule has 0 spiro atoms. The summed E-state index contributed by atoms with van der Waals surface area (Å²) in [7, 11) is 0. The van der Waals surface area contributed by atoms with Gasteiger partial charge < -0.3 is 19.1 Å². The fourth-order valence-corrected chi connectivity index (χ4v) is 2.46. The minimum Gasteiger partial charge on any atom is -0.467 e. The van der Waals surface area contributed by atoms with Crippen molar-refractivity contribution in [1.29, 1.82) is 0 Å². The molecule has 0 fully saturated rings. The molecule has 128 valence electrons. The van der Waals surface area contributed by atoms with Crippen LogP contribution in [0.15, 0.2) is 69.9 Å². The van der Waals surface area contributed by atoms with Gasteiger partial charge >= 0.3 is 0 Å². The number of hydrogen-bond acceptors (Lipinski definition) is 4. The van der Waals surface area contributed by atoms with E-state index in [2.05, 4.69) is 5.32 Å². The molecular formula is C19H18N2O4. The van der Waals surface area contributed by atoms with Crippen molar-refractivity contribution in [1.82, 2.24) is 4.90 Å². The zero-order valence-corrected chi connectivity index (χ0v) is 13.8. The number of amides is 2. The minimum atomic E-state index is -0.156. The Bertz CT molecular complexity index is 785. The molecule has 1 aromatic carbocycles. The van der Waals surface area contributed by atoms with Gasteiger partial charge in [0, 0.05) is 18.2 Å². The van der Waals surface area contributed by atoms with Crippen molar-refractivity contribution >= 4 is 17.5 Å². The predicted molar refractivity (Wildman–Crippen MR) is 91.7 cm³/mol. The van der Waals surface area contributed by atoms with Crippen LogP contribution in [0, 0.1) is 0 Å². The topological polar surface area (TPSA) is 75.7 Å². The molecule has 0 unspecified atom stereocenters. The van der Waals surface area contributed by atoms with Crippen molar-refractivity contribution in [2.24, 2.45) is 0 Å². The van der Waals surface area contributed by atoms with Crippen molar-refractivity contribution in [3.63, 3.8) is 0 Å². The Hall–Kier alpha value is -3.28. The summed E-state index contributed by atoms with van der Waals surface area (Å²) in [6.07, 6.45) is 3.15. The zero-order chi connectivity index (χ0) is 17.6. The number of anilines is 1. The quantitative estimate of drug-likeness (QED) is 0.744. The maximum atomic E-state index is 12.9. The number of nitrogens with zero attached hydrogens (tertiary/aromatic N) is 1. The molecule has 0 aliphatic rings. The Morgan fingerprint density at radius 1 is 0.920 bits per heavy atom. The zero-order valence-electron chi connectivity index (χ0n) is 13.8. The van der Waals surface area contributed by atoms with Gasteiger partial charge in [0.1, 0.15) is 11.5 Å². The highest BCUT2D eigenvalue weighted by atomic mass is 16.3. The van der Waals surface area contributed by atoms with Crippen molar-refractivity contribution in [3.05, 3.63) is 78.1 Å². The Morgan fingerprint density at radius 3 is 1.92 bits per heavy atom. The van der Waals surface area contributed by atoms with Crippen LogP contribution < -0.4 is 5.32 Å². The fraction of sp³-hybridized carbons (Fsp3) is 0.158. The number of nitrogens with one attached hydrogen (secondary N) is 1. The lowest BCUT2D eigenvalue weighted by Crippen LogP contribution is -2.29. The van der Waals surface area contributed by atoms with Gasteiger partial charge in [-0.3, -0.25) is 9.59 Å². The van der Waals surface area contributed by atoms with Crippen LogP contribution in [0.25, 0.3) is 0 Å². The highest BCUT2D eigenvalue weighted by Crippen LogP contribution is 2.17. The molecule has 0 aliphatic heterocycles. The van der Waals surface area contributed by atoms with Crippen LogP contribution in [0.5, 0.6) is 0 Å². The van der Waals surface area contributed by atoms with Gasteiger partial charge in [-0.2, -0.15) is 0 Å². The Morgan fingerprint density at radius 2 is 1.48 bits per heavy atom. The average Bonchev–Trinajstić information content (AvgIpc) is 3.28. The van der Waals surface area contributed by atoms with Crippen molar-refractivity contribution in [2.75, 3.05) is 5.32 Å². The Kier molecular flexibility index (Phi) is 4.99. The average molecular weight is 338 g/mol. The summed E-state index contributed by atoms with van der Waals surface area (Å²) in [6, 6.07) is 14.0. The summed E-state index contributed by atoms with van der Waals surface area (Å²) in [5.41, 5.74) is 1.17. The molecule has 0 aliphatic carbocycles. The number of rotatable bonds is 6. The number of benzene rings is 1. The lowest BCUT2D eigenvalue weighted by Gasteiger charge is -2.21. The summed E-state index contributed by atoms with van der Waals surface area (Å²) >= 11 is 0. The molecule has 6 nitrogen and oxygen atoms in total. The molecule has 2 heterocycles. The lowest BCUT2D eigenvalue weighted by atomic mass is 10.1. The largest absolute Gasteiger partial charge is 0.467 e. The highest BCUT2D eigenvalue weighted by Gasteiger charge is 2.19. The molecule has 2 aromatic heterocycles. The van der Waals surface area contributed by atoms with Crippen molar-refractivity contribution in [3.8, 4) is 0 Å². The second-order valence-corrected chi connectivity index (χ2v) is 5.58. The van der Waals surface area contributed by atoms with E-state index in [1.165, 1.54) is 6.92 Å². The van der Waals surface area contributed by atoms with Crippen LogP contribution in [0.4, 0.5) is 5.69 Å². The summed E-state index contributed by atoms with van der Waals surface area (Å²) < 4.78 is 10.7. The normalized spacial score (nSPS) is 10.4. The second-order valence-electron chi connectivity index (χ2n) is 5.58. The van der Waals surface area contributed by atoms with Crippen LogP contribution in [-0.2, 0) is 17.9 Å². The van der Waals surface area contributed by atoms with Gasteiger partial charge in [-0.25, -0.2) is 0 Å². The number of carbonyl (C=O) groups is 2. The van der Waals surface area contributed by atoms with Crippen LogP contribution in [-0.4, -0.2) is 16.7 Å².